The average molecular weight is 585 g/mol. The van der Waals surface area contributed by atoms with Gasteiger partial charge in [-0.3, -0.25) is 18.9 Å². The van der Waals surface area contributed by atoms with Gasteiger partial charge in [0.2, 0.25) is 5.78 Å². The summed E-state index contributed by atoms with van der Waals surface area (Å²) in [6.07, 6.45) is 5.41. The molecule has 1 aliphatic rings. The first-order valence-corrected chi connectivity index (χ1v) is 14.9. The predicted octanol–water partition coefficient (Wildman–Crippen LogP) is 4.25. The number of nitrogens with zero attached hydrogens (tertiary/aromatic N) is 5. The lowest BCUT2D eigenvalue weighted by molar-refractivity contribution is 0.00158. The van der Waals surface area contributed by atoms with Crippen LogP contribution in [0.3, 0.4) is 0 Å². The third-order valence-electron chi connectivity index (χ3n) is 8.20. The summed E-state index contributed by atoms with van der Waals surface area (Å²) in [6, 6.07) is 15.8. The Balaban J connectivity index is 1.35. The lowest BCUT2D eigenvalue weighted by Gasteiger charge is -2.30. The maximum atomic E-state index is 14.3. The van der Waals surface area contributed by atoms with Crippen molar-refractivity contribution < 1.29 is 14.4 Å². The number of aromatic nitrogens is 6. The molecule has 2 aromatic carbocycles. The molecule has 0 bridgehead atoms. The Kier molecular flexibility index (Phi) is 8.35. The molecule has 2 N–H and O–H groups in total. The van der Waals surface area contributed by atoms with Gasteiger partial charge in [-0.05, 0) is 55.7 Å². The Bertz CT molecular complexity index is 1830. The number of aromatic amines is 1. The van der Waals surface area contributed by atoms with Gasteiger partial charge in [0.15, 0.2) is 5.82 Å². The van der Waals surface area contributed by atoms with E-state index in [9.17, 15) is 9.59 Å². The lowest BCUT2D eigenvalue weighted by Crippen LogP contribution is -2.35. The van der Waals surface area contributed by atoms with Crippen molar-refractivity contribution >= 4 is 5.78 Å². The van der Waals surface area contributed by atoms with Gasteiger partial charge in [0, 0.05) is 23.6 Å². The van der Waals surface area contributed by atoms with Gasteiger partial charge in [-0.15, -0.1) is 0 Å². The number of hydrogen-bond donors (Lipinski definition) is 2. The summed E-state index contributed by atoms with van der Waals surface area (Å²) in [5.41, 5.74) is 5.28. The van der Waals surface area contributed by atoms with Crippen LogP contribution < -0.4 is 11.3 Å². The molecular formula is C32H36N6O5. The number of hydrogen-bond acceptors (Lipinski definition) is 8. The summed E-state index contributed by atoms with van der Waals surface area (Å²) < 4.78 is 14.2. The van der Waals surface area contributed by atoms with Crippen LogP contribution in [0.1, 0.15) is 67.7 Å². The molecule has 43 heavy (non-hydrogen) atoms. The fourth-order valence-corrected chi connectivity index (χ4v) is 6.21. The predicted molar refractivity (Wildman–Crippen MR) is 161 cm³/mol. The Morgan fingerprint density at radius 3 is 2.47 bits per heavy atom. The van der Waals surface area contributed by atoms with Crippen molar-refractivity contribution in [1.82, 2.24) is 29.3 Å². The van der Waals surface area contributed by atoms with Gasteiger partial charge in [0.1, 0.15) is 5.82 Å². The maximum absolute atomic E-state index is 14.3. The van der Waals surface area contributed by atoms with Crippen molar-refractivity contribution in [3.05, 3.63) is 92.1 Å². The topological polar surface area (TPSA) is 141 Å². The van der Waals surface area contributed by atoms with Crippen molar-refractivity contribution in [2.45, 2.75) is 70.9 Å². The highest BCUT2D eigenvalue weighted by Crippen LogP contribution is 2.32. The van der Waals surface area contributed by atoms with Crippen molar-refractivity contribution in [3.8, 4) is 22.5 Å². The first-order chi connectivity index (χ1) is 21.0. The minimum absolute atomic E-state index is 0.00357. The third-order valence-corrected chi connectivity index (χ3v) is 8.20. The Labute approximate surface area is 248 Å². The zero-order valence-corrected chi connectivity index (χ0v) is 24.5. The molecule has 0 spiro atoms. The summed E-state index contributed by atoms with van der Waals surface area (Å²) in [4.78, 5) is 33.2. The molecule has 6 rings (SSSR count). The van der Waals surface area contributed by atoms with Crippen molar-refractivity contribution in [2.75, 3.05) is 13.2 Å². The van der Waals surface area contributed by atoms with Gasteiger partial charge in [0.25, 0.3) is 5.56 Å². The molecule has 0 saturated heterocycles. The van der Waals surface area contributed by atoms with Gasteiger partial charge >= 0.3 is 5.76 Å². The zero-order chi connectivity index (χ0) is 29.9. The van der Waals surface area contributed by atoms with Crippen LogP contribution in [0.25, 0.3) is 28.3 Å². The molecule has 1 aliphatic carbocycles. The SMILES string of the molecule is CCCc1c(Cc2ccc(-c3ccccc3-c3noc(=O)[nH]3)cc2)c(=O)n([C@H]2CC[C@@H](OCCO)CC2)c2nc(C)nn12. The Hall–Kier alpha value is -4.35. The van der Waals surface area contributed by atoms with E-state index < -0.39 is 5.76 Å². The van der Waals surface area contributed by atoms with Crippen LogP contribution in [0.2, 0.25) is 0 Å². The standard InChI is InChI=1S/C32H36N6O5/c1-3-6-28-27(19-21-9-11-22(12-10-21)25-7-4-5-8-26(25)29-34-32(41)43-36-29)30(40)37(31-33-20(2)35-38(28)31)23-13-15-24(16-14-23)42-18-17-39/h4-5,7-12,23-24,39H,3,6,13-19H2,1-2H3,(H,34,36,41)/t23-,24+. The highest BCUT2D eigenvalue weighted by atomic mass is 16.5. The summed E-state index contributed by atoms with van der Waals surface area (Å²) in [7, 11) is 0. The zero-order valence-electron chi connectivity index (χ0n) is 24.5. The van der Waals surface area contributed by atoms with E-state index in [1.165, 1.54) is 0 Å². The first kappa shape index (κ1) is 28.8. The molecule has 0 aliphatic heterocycles. The van der Waals surface area contributed by atoms with E-state index in [-0.39, 0.29) is 24.3 Å². The Morgan fingerprint density at radius 1 is 1.05 bits per heavy atom. The number of nitrogens with one attached hydrogen (secondary N) is 1. The van der Waals surface area contributed by atoms with Crippen LogP contribution in [0.5, 0.6) is 0 Å². The highest BCUT2D eigenvalue weighted by molar-refractivity contribution is 5.80. The quantitative estimate of drug-likeness (QED) is 0.248. The summed E-state index contributed by atoms with van der Waals surface area (Å²) in [5.74, 6) is 1.02. The number of fused-ring (bicyclic) bond motifs is 1. The number of aliphatic hydroxyl groups is 1. The normalized spacial score (nSPS) is 17.1. The second-order valence-electron chi connectivity index (χ2n) is 11.1. The second kappa shape index (κ2) is 12.5. The molecule has 1 fully saturated rings. The molecule has 11 heteroatoms. The van der Waals surface area contributed by atoms with E-state index in [4.69, 9.17) is 24.4 Å². The fraction of sp³-hybridized carbons (Fsp3) is 0.406. The lowest BCUT2D eigenvalue weighted by atomic mass is 9.92. The molecule has 5 aromatic rings. The van der Waals surface area contributed by atoms with Crippen LogP contribution in [-0.4, -0.2) is 53.7 Å². The highest BCUT2D eigenvalue weighted by Gasteiger charge is 2.28. The molecule has 0 radical (unpaired) electrons. The second-order valence-corrected chi connectivity index (χ2v) is 11.1. The average Bonchev–Trinajstić information content (AvgIpc) is 3.64. The van der Waals surface area contributed by atoms with Crippen LogP contribution in [-0.2, 0) is 17.6 Å². The van der Waals surface area contributed by atoms with Gasteiger partial charge in [0.05, 0.1) is 25.0 Å². The van der Waals surface area contributed by atoms with Gasteiger partial charge < -0.3 is 9.84 Å². The van der Waals surface area contributed by atoms with E-state index >= 15 is 0 Å². The van der Waals surface area contributed by atoms with E-state index in [1.807, 2.05) is 64.5 Å². The van der Waals surface area contributed by atoms with Gasteiger partial charge in [-0.2, -0.15) is 10.1 Å². The number of rotatable bonds is 10. The minimum atomic E-state index is -0.601. The number of H-pyrrole nitrogens is 1. The molecule has 3 heterocycles. The van der Waals surface area contributed by atoms with E-state index in [1.54, 1.807) is 0 Å². The molecule has 0 amide bonds. The number of aliphatic hydroxyl groups excluding tert-OH is 1. The van der Waals surface area contributed by atoms with Crippen LogP contribution in [0.15, 0.2) is 62.6 Å². The van der Waals surface area contributed by atoms with Gasteiger partial charge in [-0.1, -0.05) is 67.0 Å². The van der Waals surface area contributed by atoms with E-state index in [2.05, 4.69) is 17.1 Å². The fourth-order valence-electron chi connectivity index (χ4n) is 6.21. The van der Waals surface area contributed by atoms with Crippen molar-refractivity contribution in [1.29, 1.82) is 0 Å². The van der Waals surface area contributed by atoms with E-state index in [0.29, 0.717) is 36.9 Å². The van der Waals surface area contributed by atoms with Gasteiger partial charge in [-0.25, -0.2) is 9.31 Å². The maximum Gasteiger partial charge on any atom is 0.439 e. The molecule has 224 valence electrons. The summed E-state index contributed by atoms with van der Waals surface area (Å²) in [5, 5.41) is 17.7. The van der Waals surface area contributed by atoms with Crippen LogP contribution >= 0.6 is 0 Å². The third kappa shape index (κ3) is 5.82. The van der Waals surface area contributed by atoms with E-state index in [0.717, 1.165) is 65.6 Å². The van der Waals surface area contributed by atoms with Crippen molar-refractivity contribution in [3.63, 3.8) is 0 Å². The molecule has 0 unspecified atom stereocenters. The minimum Gasteiger partial charge on any atom is -0.394 e. The monoisotopic (exact) mass is 584 g/mol. The largest absolute Gasteiger partial charge is 0.439 e. The number of aryl methyl sites for hydroxylation is 2. The summed E-state index contributed by atoms with van der Waals surface area (Å²) in [6.45, 7) is 4.31. The van der Waals surface area contributed by atoms with Crippen LogP contribution in [0, 0.1) is 6.92 Å². The smallest absolute Gasteiger partial charge is 0.394 e. The summed E-state index contributed by atoms with van der Waals surface area (Å²) >= 11 is 0. The van der Waals surface area contributed by atoms with Crippen LogP contribution in [0.4, 0.5) is 0 Å². The molecular weight excluding hydrogens is 548 g/mol. The Morgan fingerprint density at radius 2 is 1.79 bits per heavy atom. The molecule has 3 aromatic heterocycles. The number of ether oxygens (including phenoxy) is 1. The number of benzene rings is 2. The molecule has 11 nitrogen and oxygen atoms in total. The first-order valence-electron chi connectivity index (χ1n) is 14.9. The van der Waals surface area contributed by atoms with Crippen molar-refractivity contribution in [2.24, 2.45) is 0 Å². The molecule has 0 atom stereocenters. The molecule has 1 saturated carbocycles.